The Balaban J connectivity index is 1.34. The van der Waals surface area contributed by atoms with Gasteiger partial charge in [-0.15, -0.1) is 11.6 Å². The van der Waals surface area contributed by atoms with Crippen LogP contribution in [0.3, 0.4) is 0 Å². The molecule has 0 aromatic heterocycles. The highest BCUT2D eigenvalue weighted by molar-refractivity contribution is 6.20. The molecule has 2 saturated heterocycles. The first-order valence-electron chi connectivity index (χ1n) is 13.0. The predicted molar refractivity (Wildman–Crippen MR) is 129 cm³/mol. The molecule has 2 aliphatic heterocycles. The molecule has 4 amide bonds. The first-order valence-corrected chi connectivity index (χ1v) is 13.4. The lowest BCUT2D eigenvalue weighted by Crippen LogP contribution is -2.60. The van der Waals surface area contributed by atoms with Gasteiger partial charge in [-0.05, 0) is 82.5 Å². The van der Waals surface area contributed by atoms with Crippen molar-refractivity contribution >= 4 is 29.4 Å². The van der Waals surface area contributed by atoms with Gasteiger partial charge in [-0.1, -0.05) is 6.92 Å². The Morgan fingerprint density at radius 3 is 2.48 bits per heavy atom. The van der Waals surface area contributed by atoms with E-state index in [1.54, 1.807) is 0 Å². The van der Waals surface area contributed by atoms with Gasteiger partial charge in [-0.2, -0.15) is 0 Å². The monoisotopic (exact) mass is 480 g/mol. The van der Waals surface area contributed by atoms with Gasteiger partial charge in [0, 0.05) is 48.9 Å². The van der Waals surface area contributed by atoms with Crippen molar-refractivity contribution in [3.05, 3.63) is 0 Å². The number of imide groups is 1. The second kappa shape index (κ2) is 10.5. The van der Waals surface area contributed by atoms with E-state index in [1.807, 2.05) is 11.9 Å². The quantitative estimate of drug-likeness (QED) is 0.541. The minimum absolute atomic E-state index is 0.0309. The molecule has 8 heteroatoms. The van der Waals surface area contributed by atoms with E-state index < -0.39 is 6.03 Å². The van der Waals surface area contributed by atoms with E-state index in [0.29, 0.717) is 30.3 Å². The molecule has 7 atom stereocenters. The molecule has 2 aliphatic carbocycles. The maximum Gasteiger partial charge on any atom is 0.321 e. The smallest absolute Gasteiger partial charge is 0.321 e. The number of hydrogen-bond acceptors (Lipinski definition) is 4. The third kappa shape index (κ3) is 5.67. The minimum Gasteiger partial charge on any atom is -0.342 e. The fraction of sp³-hybridized carbons (Fsp3) is 0.880. The lowest BCUT2D eigenvalue weighted by Gasteiger charge is -2.50. The number of nitrogens with zero attached hydrogens (tertiary/aromatic N) is 1. The first kappa shape index (κ1) is 24.8. The highest BCUT2D eigenvalue weighted by Gasteiger charge is 2.47. The fourth-order valence-corrected chi connectivity index (χ4v) is 7.09. The van der Waals surface area contributed by atoms with Crippen molar-refractivity contribution in [3.63, 3.8) is 0 Å². The average Bonchev–Trinajstić information content (AvgIpc) is 2.78. The Bertz CT molecular complexity index is 741. The van der Waals surface area contributed by atoms with Crippen molar-refractivity contribution in [2.24, 2.45) is 29.6 Å². The molecule has 2 heterocycles. The molecule has 0 radical (unpaired) electrons. The van der Waals surface area contributed by atoms with Crippen LogP contribution in [-0.4, -0.2) is 59.8 Å². The van der Waals surface area contributed by atoms with Crippen LogP contribution in [0, 0.1) is 29.6 Å². The van der Waals surface area contributed by atoms with Gasteiger partial charge < -0.3 is 15.5 Å². The van der Waals surface area contributed by atoms with Gasteiger partial charge in [0.25, 0.3) is 0 Å². The lowest BCUT2D eigenvalue weighted by molar-refractivity contribution is -0.149. The van der Waals surface area contributed by atoms with Crippen molar-refractivity contribution in [3.8, 4) is 0 Å². The van der Waals surface area contributed by atoms with Gasteiger partial charge in [0.2, 0.25) is 11.8 Å². The van der Waals surface area contributed by atoms with Crippen LogP contribution in [0.2, 0.25) is 0 Å². The number of amides is 4. The van der Waals surface area contributed by atoms with Gasteiger partial charge in [0.05, 0.1) is 0 Å². The molecule has 186 valence electrons. The molecule has 3 N–H and O–H groups in total. The minimum atomic E-state index is -0.396. The molecule has 4 rings (SSSR count). The summed E-state index contributed by atoms with van der Waals surface area (Å²) < 4.78 is 0. The van der Waals surface area contributed by atoms with Crippen LogP contribution in [0.15, 0.2) is 0 Å². The first-order chi connectivity index (χ1) is 15.7. The summed E-state index contributed by atoms with van der Waals surface area (Å²) in [4.78, 5) is 40.7. The number of halogens is 1. The number of fused-ring (bicyclic) bond motifs is 1. The molecule has 2 saturated carbocycles. The van der Waals surface area contributed by atoms with Gasteiger partial charge in [-0.3, -0.25) is 14.9 Å². The Labute approximate surface area is 203 Å². The SMILES string of the molecule is CC1CC2C(CN1)CC(C1CC(C(=O)NC(=O)NC3CCC(Cl)CC3)CCC1C)C(=O)N2C. The highest BCUT2D eigenvalue weighted by atomic mass is 35.5. The van der Waals surface area contributed by atoms with E-state index in [4.69, 9.17) is 11.6 Å². The predicted octanol–water partition coefficient (Wildman–Crippen LogP) is 3.26. The van der Waals surface area contributed by atoms with E-state index in [2.05, 4.69) is 29.8 Å². The normalized spacial score (nSPS) is 41.8. The number of carbonyl (C=O) groups is 3. The lowest BCUT2D eigenvalue weighted by atomic mass is 9.64. The van der Waals surface area contributed by atoms with Gasteiger partial charge in [-0.25, -0.2) is 4.79 Å². The molecular weight excluding hydrogens is 440 g/mol. The summed E-state index contributed by atoms with van der Waals surface area (Å²) in [5.74, 6) is 0.875. The summed E-state index contributed by atoms with van der Waals surface area (Å²) in [6, 6.07) is 0.449. The standard InChI is InChI=1S/C25H41ClN4O3/c1-14-4-5-16(23(31)29-25(33)28-19-8-6-18(26)7-9-19)11-20(14)21-12-17-13-27-15(2)10-22(17)30(3)24(21)32/h14-22,27H,4-13H2,1-3H3,(H2,28,29,31,33). The van der Waals surface area contributed by atoms with E-state index in [1.165, 1.54) is 0 Å². The van der Waals surface area contributed by atoms with Crippen molar-refractivity contribution in [1.82, 2.24) is 20.9 Å². The van der Waals surface area contributed by atoms with Crippen LogP contribution in [-0.2, 0) is 9.59 Å². The summed E-state index contributed by atoms with van der Waals surface area (Å²) in [6.45, 7) is 5.36. The molecule has 0 spiro atoms. The maximum atomic E-state index is 13.4. The molecule has 7 unspecified atom stereocenters. The van der Waals surface area contributed by atoms with Crippen LogP contribution in [0.1, 0.15) is 71.6 Å². The van der Waals surface area contributed by atoms with Crippen molar-refractivity contribution in [2.45, 2.75) is 95.1 Å². The van der Waals surface area contributed by atoms with Crippen molar-refractivity contribution in [1.29, 1.82) is 0 Å². The Morgan fingerprint density at radius 1 is 1.03 bits per heavy atom. The number of urea groups is 1. The van der Waals surface area contributed by atoms with E-state index in [0.717, 1.165) is 57.9 Å². The summed E-state index contributed by atoms with van der Waals surface area (Å²) in [5, 5.41) is 9.31. The fourth-order valence-electron chi connectivity index (χ4n) is 6.84. The Hall–Kier alpha value is -1.34. The second-order valence-corrected chi connectivity index (χ2v) is 11.8. The molecule has 7 nitrogen and oxygen atoms in total. The summed E-state index contributed by atoms with van der Waals surface area (Å²) in [7, 11) is 1.96. The number of likely N-dealkylation sites (tertiary alicyclic amines) is 1. The largest absolute Gasteiger partial charge is 0.342 e. The van der Waals surface area contributed by atoms with Crippen LogP contribution < -0.4 is 16.0 Å². The average molecular weight is 481 g/mol. The number of alkyl halides is 1. The zero-order chi connectivity index (χ0) is 23.7. The molecule has 4 aliphatic rings. The molecule has 0 aromatic rings. The van der Waals surface area contributed by atoms with Crippen LogP contribution in [0.4, 0.5) is 4.79 Å². The maximum absolute atomic E-state index is 13.4. The van der Waals surface area contributed by atoms with Crippen molar-refractivity contribution in [2.75, 3.05) is 13.6 Å². The molecular formula is C25H41ClN4O3. The Kier molecular flexibility index (Phi) is 7.89. The summed E-state index contributed by atoms with van der Waals surface area (Å²) in [6.07, 6.45) is 7.77. The van der Waals surface area contributed by atoms with Gasteiger partial charge in [0.15, 0.2) is 0 Å². The third-order valence-corrected chi connectivity index (χ3v) is 9.40. The highest BCUT2D eigenvalue weighted by Crippen LogP contribution is 2.44. The summed E-state index contributed by atoms with van der Waals surface area (Å²) in [5.41, 5.74) is 0. The molecule has 0 aromatic carbocycles. The van der Waals surface area contributed by atoms with Crippen LogP contribution >= 0.6 is 11.6 Å². The van der Waals surface area contributed by atoms with E-state index in [-0.39, 0.29) is 41.0 Å². The number of rotatable bonds is 3. The second-order valence-electron chi connectivity index (χ2n) is 11.2. The van der Waals surface area contributed by atoms with E-state index in [9.17, 15) is 14.4 Å². The molecule has 0 bridgehead atoms. The zero-order valence-corrected chi connectivity index (χ0v) is 21.1. The van der Waals surface area contributed by atoms with Gasteiger partial charge >= 0.3 is 6.03 Å². The van der Waals surface area contributed by atoms with Crippen molar-refractivity contribution < 1.29 is 14.4 Å². The van der Waals surface area contributed by atoms with E-state index >= 15 is 0 Å². The van der Waals surface area contributed by atoms with Crippen LogP contribution in [0.5, 0.6) is 0 Å². The van der Waals surface area contributed by atoms with Crippen LogP contribution in [0.25, 0.3) is 0 Å². The molecule has 4 fully saturated rings. The Morgan fingerprint density at radius 2 is 1.76 bits per heavy atom. The number of piperidine rings is 2. The summed E-state index contributed by atoms with van der Waals surface area (Å²) >= 11 is 6.14. The topological polar surface area (TPSA) is 90.5 Å². The number of hydrogen-bond donors (Lipinski definition) is 3. The number of nitrogens with one attached hydrogen (secondary N) is 3. The number of carbonyl (C=O) groups excluding carboxylic acids is 3. The van der Waals surface area contributed by atoms with Gasteiger partial charge in [0.1, 0.15) is 0 Å². The third-order valence-electron chi connectivity index (χ3n) is 8.96. The molecule has 33 heavy (non-hydrogen) atoms. The zero-order valence-electron chi connectivity index (χ0n) is 20.3.